The van der Waals surface area contributed by atoms with Gasteiger partial charge in [0.25, 0.3) is 0 Å². The molecule has 0 aliphatic carbocycles. The molecule has 0 saturated heterocycles. The quantitative estimate of drug-likeness (QED) is 0.776. The van der Waals surface area contributed by atoms with E-state index in [0.29, 0.717) is 6.42 Å². The smallest absolute Gasteiger partial charge is 0.0759 e. The lowest BCUT2D eigenvalue weighted by atomic mass is 9.84. The zero-order chi connectivity index (χ0) is 11.3. The van der Waals surface area contributed by atoms with Gasteiger partial charge in [-0.05, 0) is 18.4 Å². The Hall–Kier alpha value is -0.860. The number of hydrogen-bond acceptors (Lipinski definition) is 2. The molecule has 1 atom stereocenters. The second-order valence-electron chi connectivity index (χ2n) is 4.15. The first-order chi connectivity index (χ1) is 7.12. The van der Waals surface area contributed by atoms with Crippen LogP contribution in [0.25, 0.3) is 0 Å². The van der Waals surface area contributed by atoms with E-state index in [1.54, 1.807) is 0 Å². The van der Waals surface area contributed by atoms with Crippen LogP contribution in [0, 0.1) is 0 Å². The number of rotatable bonds is 5. The van der Waals surface area contributed by atoms with Crippen molar-refractivity contribution in [2.75, 3.05) is 0 Å². The fraction of sp³-hybridized carbons (Fsp3) is 0.538. The summed E-state index contributed by atoms with van der Waals surface area (Å²) in [5, 5.41) is 10.1. The van der Waals surface area contributed by atoms with Gasteiger partial charge in [0, 0.05) is 12.0 Å². The van der Waals surface area contributed by atoms with Crippen molar-refractivity contribution in [2.24, 2.45) is 5.73 Å². The first-order valence-corrected chi connectivity index (χ1v) is 5.63. The summed E-state index contributed by atoms with van der Waals surface area (Å²) >= 11 is 0. The summed E-state index contributed by atoms with van der Waals surface area (Å²) in [7, 11) is 0. The van der Waals surface area contributed by atoms with Gasteiger partial charge in [0.15, 0.2) is 0 Å². The molecule has 0 aromatic heterocycles. The highest BCUT2D eigenvalue weighted by molar-refractivity contribution is 5.16. The zero-order valence-corrected chi connectivity index (χ0v) is 9.61. The van der Waals surface area contributed by atoms with Gasteiger partial charge in [0.1, 0.15) is 0 Å². The van der Waals surface area contributed by atoms with E-state index in [-0.39, 0.29) is 0 Å². The third-order valence-electron chi connectivity index (χ3n) is 3.25. The highest BCUT2D eigenvalue weighted by atomic mass is 16.3. The van der Waals surface area contributed by atoms with Crippen molar-refractivity contribution >= 4 is 0 Å². The average Bonchev–Trinajstić information content (AvgIpc) is 2.29. The van der Waals surface area contributed by atoms with Crippen LogP contribution in [0.2, 0.25) is 0 Å². The van der Waals surface area contributed by atoms with Crippen molar-refractivity contribution in [3.63, 3.8) is 0 Å². The summed E-state index contributed by atoms with van der Waals surface area (Å²) in [6, 6.07) is 9.99. The first kappa shape index (κ1) is 12.2. The summed E-state index contributed by atoms with van der Waals surface area (Å²) in [6.45, 7) is 4.05. The van der Waals surface area contributed by atoms with Crippen molar-refractivity contribution in [3.8, 4) is 0 Å². The number of aliphatic hydroxyl groups excluding tert-OH is 1. The van der Waals surface area contributed by atoms with Gasteiger partial charge in [0.2, 0.25) is 0 Å². The molecule has 0 aliphatic rings. The Balaban J connectivity index is 2.66. The molecular formula is C13H21NO. The Morgan fingerprint density at radius 1 is 1.20 bits per heavy atom. The number of nitrogens with two attached hydrogens (primary N) is 1. The summed E-state index contributed by atoms with van der Waals surface area (Å²) in [6.07, 6.45) is 1.78. The Bertz CT molecular complexity index is 280. The van der Waals surface area contributed by atoms with Crippen LogP contribution < -0.4 is 5.73 Å². The number of hydrogen-bond donors (Lipinski definition) is 2. The Labute approximate surface area is 92.1 Å². The molecule has 0 saturated carbocycles. The molecule has 2 nitrogen and oxygen atoms in total. The standard InChI is InChI=1S/C13H21NO/c1-3-13(14,4-2)12(15)10-11-8-6-5-7-9-11/h5-9,12,15H,3-4,10,14H2,1-2H3. The highest BCUT2D eigenvalue weighted by Gasteiger charge is 2.29. The van der Waals surface area contributed by atoms with Gasteiger partial charge in [0.05, 0.1) is 6.10 Å². The van der Waals surface area contributed by atoms with Gasteiger partial charge < -0.3 is 10.8 Å². The lowest BCUT2D eigenvalue weighted by Gasteiger charge is -2.32. The molecule has 84 valence electrons. The topological polar surface area (TPSA) is 46.2 Å². The largest absolute Gasteiger partial charge is 0.391 e. The molecule has 1 rings (SSSR count). The fourth-order valence-electron chi connectivity index (χ4n) is 1.76. The minimum absolute atomic E-state index is 0.449. The maximum absolute atomic E-state index is 10.1. The van der Waals surface area contributed by atoms with Gasteiger partial charge >= 0.3 is 0 Å². The van der Waals surface area contributed by atoms with Crippen molar-refractivity contribution in [1.82, 2.24) is 0 Å². The Kier molecular flexibility index (Phi) is 4.30. The van der Waals surface area contributed by atoms with Gasteiger partial charge in [-0.1, -0.05) is 44.2 Å². The van der Waals surface area contributed by atoms with E-state index >= 15 is 0 Å². The summed E-state index contributed by atoms with van der Waals surface area (Å²) < 4.78 is 0. The summed E-state index contributed by atoms with van der Waals surface area (Å²) in [5.41, 5.74) is 6.83. The maximum atomic E-state index is 10.1. The first-order valence-electron chi connectivity index (χ1n) is 5.63. The molecule has 0 amide bonds. The van der Waals surface area contributed by atoms with Crippen LogP contribution in [0.3, 0.4) is 0 Å². The molecule has 1 unspecified atom stereocenters. The molecule has 15 heavy (non-hydrogen) atoms. The Morgan fingerprint density at radius 2 is 1.73 bits per heavy atom. The number of benzene rings is 1. The molecule has 1 aromatic rings. The van der Waals surface area contributed by atoms with Crippen LogP contribution in [0.1, 0.15) is 32.3 Å². The molecular weight excluding hydrogens is 186 g/mol. The van der Waals surface area contributed by atoms with E-state index in [2.05, 4.69) is 0 Å². The third-order valence-corrected chi connectivity index (χ3v) is 3.25. The molecule has 0 fully saturated rings. The van der Waals surface area contributed by atoms with E-state index in [1.165, 1.54) is 0 Å². The summed E-state index contributed by atoms with van der Waals surface area (Å²) in [4.78, 5) is 0. The van der Waals surface area contributed by atoms with Gasteiger partial charge in [-0.15, -0.1) is 0 Å². The minimum Gasteiger partial charge on any atom is -0.391 e. The van der Waals surface area contributed by atoms with Crippen LogP contribution in [0.5, 0.6) is 0 Å². The van der Waals surface area contributed by atoms with Crippen molar-refractivity contribution in [1.29, 1.82) is 0 Å². The van der Waals surface area contributed by atoms with Crippen LogP contribution in [-0.4, -0.2) is 16.7 Å². The molecule has 0 heterocycles. The van der Waals surface area contributed by atoms with E-state index in [9.17, 15) is 5.11 Å². The van der Waals surface area contributed by atoms with Crippen LogP contribution in [0.4, 0.5) is 0 Å². The molecule has 0 spiro atoms. The maximum Gasteiger partial charge on any atom is 0.0759 e. The van der Waals surface area contributed by atoms with Crippen LogP contribution >= 0.6 is 0 Å². The molecule has 1 aromatic carbocycles. The van der Waals surface area contributed by atoms with Crippen LogP contribution in [-0.2, 0) is 6.42 Å². The van der Waals surface area contributed by atoms with Gasteiger partial charge in [-0.2, -0.15) is 0 Å². The van der Waals surface area contributed by atoms with Gasteiger partial charge in [-0.25, -0.2) is 0 Å². The van der Waals surface area contributed by atoms with Crippen molar-refractivity contribution < 1.29 is 5.11 Å². The van der Waals surface area contributed by atoms with Crippen LogP contribution in [0.15, 0.2) is 30.3 Å². The zero-order valence-electron chi connectivity index (χ0n) is 9.61. The highest BCUT2D eigenvalue weighted by Crippen LogP contribution is 2.19. The lowest BCUT2D eigenvalue weighted by Crippen LogP contribution is -2.50. The van der Waals surface area contributed by atoms with E-state index in [0.717, 1.165) is 18.4 Å². The molecule has 0 radical (unpaired) electrons. The minimum atomic E-state index is -0.463. The van der Waals surface area contributed by atoms with Gasteiger partial charge in [-0.3, -0.25) is 0 Å². The van der Waals surface area contributed by atoms with Crippen molar-refractivity contribution in [3.05, 3.63) is 35.9 Å². The monoisotopic (exact) mass is 207 g/mol. The molecule has 2 heteroatoms. The predicted octanol–water partition coefficient (Wildman–Crippen LogP) is 2.11. The third kappa shape index (κ3) is 3.05. The Morgan fingerprint density at radius 3 is 2.20 bits per heavy atom. The molecule has 3 N–H and O–H groups in total. The SMILES string of the molecule is CCC(N)(CC)C(O)Cc1ccccc1. The van der Waals surface area contributed by atoms with E-state index in [4.69, 9.17) is 5.73 Å². The van der Waals surface area contributed by atoms with E-state index < -0.39 is 11.6 Å². The lowest BCUT2D eigenvalue weighted by molar-refractivity contribution is 0.0785. The average molecular weight is 207 g/mol. The molecule has 0 bridgehead atoms. The fourth-order valence-corrected chi connectivity index (χ4v) is 1.76. The summed E-state index contributed by atoms with van der Waals surface area (Å²) in [5.74, 6) is 0. The second kappa shape index (κ2) is 5.29. The second-order valence-corrected chi connectivity index (χ2v) is 4.15. The van der Waals surface area contributed by atoms with E-state index in [1.807, 2.05) is 44.2 Å². The van der Waals surface area contributed by atoms with Crippen molar-refractivity contribution in [2.45, 2.75) is 44.8 Å². The molecule has 0 aliphatic heterocycles. The number of aliphatic hydroxyl groups is 1. The normalized spacial score (nSPS) is 13.9. The predicted molar refractivity (Wildman–Crippen MR) is 63.7 cm³/mol.